The van der Waals surface area contributed by atoms with Gasteiger partial charge >= 0.3 is 0 Å². The van der Waals surface area contributed by atoms with Crippen LogP contribution in [0.3, 0.4) is 0 Å². The molecule has 0 amide bonds. The summed E-state index contributed by atoms with van der Waals surface area (Å²) in [5.74, 6) is 0.608. The first-order valence-corrected chi connectivity index (χ1v) is 5.63. The maximum atomic E-state index is 9.53. The van der Waals surface area contributed by atoms with Crippen molar-refractivity contribution in [2.45, 2.75) is 6.92 Å². The number of benzene rings is 2. The molecule has 0 saturated heterocycles. The zero-order valence-electron chi connectivity index (χ0n) is 9.70. The minimum atomic E-state index is 0.141. The molecule has 0 radical (unpaired) electrons. The topological polar surface area (TPSA) is 29.5 Å². The molecule has 2 aromatic rings. The molecular formula is C14H13ClO2. The SMILES string of the molecule is COc1cc(-c2ccc(Cl)c(C)c2)ccc1O. The van der Waals surface area contributed by atoms with Gasteiger partial charge < -0.3 is 9.84 Å². The predicted octanol–water partition coefficient (Wildman–Crippen LogP) is 4.03. The first-order chi connectivity index (χ1) is 8.11. The molecule has 0 heterocycles. The number of aryl methyl sites for hydroxylation is 1. The van der Waals surface area contributed by atoms with Crippen molar-refractivity contribution in [3.8, 4) is 22.6 Å². The number of hydrogen-bond donors (Lipinski definition) is 1. The smallest absolute Gasteiger partial charge is 0.161 e. The lowest BCUT2D eigenvalue weighted by Crippen LogP contribution is -1.86. The minimum Gasteiger partial charge on any atom is -0.504 e. The molecule has 2 nitrogen and oxygen atoms in total. The number of hydrogen-bond acceptors (Lipinski definition) is 2. The van der Waals surface area contributed by atoms with Crippen LogP contribution in [0.25, 0.3) is 11.1 Å². The molecule has 0 spiro atoms. The molecule has 0 aliphatic rings. The molecule has 17 heavy (non-hydrogen) atoms. The summed E-state index contributed by atoms with van der Waals surface area (Å²) in [5, 5.41) is 10.3. The molecule has 0 unspecified atom stereocenters. The van der Waals surface area contributed by atoms with Crippen LogP contribution < -0.4 is 4.74 Å². The van der Waals surface area contributed by atoms with E-state index in [4.69, 9.17) is 16.3 Å². The van der Waals surface area contributed by atoms with Gasteiger partial charge in [0.15, 0.2) is 11.5 Å². The zero-order valence-corrected chi connectivity index (χ0v) is 10.5. The Morgan fingerprint density at radius 2 is 1.71 bits per heavy atom. The van der Waals surface area contributed by atoms with Crippen molar-refractivity contribution < 1.29 is 9.84 Å². The normalized spacial score (nSPS) is 10.3. The summed E-state index contributed by atoms with van der Waals surface area (Å²) < 4.78 is 5.09. The average Bonchev–Trinajstić information content (AvgIpc) is 2.33. The van der Waals surface area contributed by atoms with E-state index in [1.54, 1.807) is 12.1 Å². The van der Waals surface area contributed by atoms with E-state index < -0.39 is 0 Å². The van der Waals surface area contributed by atoms with E-state index in [1.807, 2.05) is 31.2 Å². The maximum Gasteiger partial charge on any atom is 0.161 e. The van der Waals surface area contributed by atoms with Crippen LogP contribution in [0.1, 0.15) is 5.56 Å². The van der Waals surface area contributed by atoms with Crippen LogP contribution in [0, 0.1) is 6.92 Å². The average molecular weight is 249 g/mol. The van der Waals surface area contributed by atoms with Crippen molar-refractivity contribution in [2.24, 2.45) is 0 Å². The Hall–Kier alpha value is -1.67. The Labute approximate surface area is 105 Å². The van der Waals surface area contributed by atoms with Crippen molar-refractivity contribution in [3.05, 3.63) is 47.0 Å². The third kappa shape index (κ3) is 2.37. The minimum absolute atomic E-state index is 0.141. The number of phenolic OH excluding ortho intramolecular Hbond substituents is 1. The monoisotopic (exact) mass is 248 g/mol. The molecule has 88 valence electrons. The Balaban J connectivity index is 2.49. The highest BCUT2D eigenvalue weighted by molar-refractivity contribution is 6.31. The van der Waals surface area contributed by atoms with Gasteiger partial charge in [-0.25, -0.2) is 0 Å². The molecule has 3 heteroatoms. The number of methoxy groups -OCH3 is 1. The fourth-order valence-corrected chi connectivity index (χ4v) is 1.80. The molecule has 1 N–H and O–H groups in total. The number of aromatic hydroxyl groups is 1. The second kappa shape index (κ2) is 4.68. The van der Waals surface area contributed by atoms with Gasteiger partial charge in [0.2, 0.25) is 0 Å². The molecule has 2 rings (SSSR count). The second-order valence-corrected chi connectivity index (χ2v) is 4.26. The third-order valence-electron chi connectivity index (χ3n) is 2.67. The lowest BCUT2D eigenvalue weighted by molar-refractivity contribution is 0.373. The van der Waals surface area contributed by atoms with Gasteiger partial charge in [0, 0.05) is 5.02 Å². The summed E-state index contributed by atoms with van der Waals surface area (Å²) in [6.45, 7) is 1.96. The summed E-state index contributed by atoms with van der Waals surface area (Å²) in [7, 11) is 1.53. The van der Waals surface area contributed by atoms with Gasteiger partial charge in [0.25, 0.3) is 0 Å². The second-order valence-electron chi connectivity index (χ2n) is 3.85. The first kappa shape index (κ1) is 11.8. The van der Waals surface area contributed by atoms with E-state index in [9.17, 15) is 5.11 Å². The molecule has 0 atom stereocenters. The van der Waals surface area contributed by atoms with Crippen LogP contribution in [-0.4, -0.2) is 12.2 Å². The van der Waals surface area contributed by atoms with Crippen LogP contribution in [0.4, 0.5) is 0 Å². The van der Waals surface area contributed by atoms with Crippen molar-refractivity contribution >= 4 is 11.6 Å². The van der Waals surface area contributed by atoms with E-state index >= 15 is 0 Å². The number of halogens is 1. The van der Waals surface area contributed by atoms with Crippen LogP contribution in [0.5, 0.6) is 11.5 Å². The number of ether oxygens (including phenoxy) is 1. The highest BCUT2D eigenvalue weighted by atomic mass is 35.5. The fraction of sp³-hybridized carbons (Fsp3) is 0.143. The Morgan fingerprint density at radius 3 is 2.35 bits per heavy atom. The zero-order chi connectivity index (χ0) is 12.4. The first-order valence-electron chi connectivity index (χ1n) is 5.25. The predicted molar refractivity (Wildman–Crippen MR) is 69.8 cm³/mol. The molecule has 2 aromatic carbocycles. The summed E-state index contributed by atoms with van der Waals surface area (Å²) in [4.78, 5) is 0. The number of rotatable bonds is 2. The Morgan fingerprint density at radius 1 is 1.06 bits per heavy atom. The highest BCUT2D eigenvalue weighted by Gasteiger charge is 2.05. The van der Waals surface area contributed by atoms with Crippen molar-refractivity contribution in [2.75, 3.05) is 7.11 Å². The molecule has 0 saturated carbocycles. The van der Waals surface area contributed by atoms with Crippen LogP contribution in [0.15, 0.2) is 36.4 Å². The van der Waals surface area contributed by atoms with Crippen LogP contribution in [-0.2, 0) is 0 Å². The standard InChI is InChI=1S/C14H13ClO2/c1-9-7-10(3-5-12(9)15)11-4-6-13(16)14(8-11)17-2/h3-8,16H,1-2H3. The van der Waals surface area contributed by atoms with E-state index in [1.165, 1.54) is 7.11 Å². The Kier molecular flexibility index (Phi) is 3.25. The van der Waals surface area contributed by atoms with E-state index in [-0.39, 0.29) is 5.75 Å². The van der Waals surface area contributed by atoms with Crippen molar-refractivity contribution in [1.29, 1.82) is 0 Å². The van der Waals surface area contributed by atoms with Gasteiger partial charge in [-0.05, 0) is 47.9 Å². The molecule has 0 aliphatic carbocycles. The lowest BCUT2D eigenvalue weighted by atomic mass is 10.0. The van der Waals surface area contributed by atoms with Crippen molar-refractivity contribution in [1.82, 2.24) is 0 Å². The Bertz CT molecular complexity index is 550. The fourth-order valence-electron chi connectivity index (χ4n) is 1.68. The van der Waals surface area contributed by atoms with Gasteiger partial charge in [-0.15, -0.1) is 0 Å². The van der Waals surface area contributed by atoms with E-state index in [2.05, 4.69) is 0 Å². The largest absolute Gasteiger partial charge is 0.504 e. The van der Waals surface area contributed by atoms with Crippen LogP contribution in [0.2, 0.25) is 5.02 Å². The third-order valence-corrected chi connectivity index (χ3v) is 3.10. The summed E-state index contributed by atoms with van der Waals surface area (Å²) in [6.07, 6.45) is 0. The maximum absolute atomic E-state index is 9.53. The molecule has 0 aliphatic heterocycles. The molecule has 0 aromatic heterocycles. The molecule has 0 fully saturated rings. The quantitative estimate of drug-likeness (QED) is 0.870. The van der Waals surface area contributed by atoms with Gasteiger partial charge in [-0.2, -0.15) is 0 Å². The van der Waals surface area contributed by atoms with Gasteiger partial charge in [-0.3, -0.25) is 0 Å². The molecule has 0 bridgehead atoms. The summed E-state index contributed by atoms with van der Waals surface area (Å²) in [6, 6.07) is 11.1. The van der Waals surface area contributed by atoms with Crippen LogP contribution >= 0.6 is 11.6 Å². The molecular weight excluding hydrogens is 236 g/mol. The van der Waals surface area contributed by atoms with Crippen molar-refractivity contribution in [3.63, 3.8) is 0 Å². The summed E-state index contributed by atoms with van der Waals surface area (Å²) >= 11 is 5.99. The van der Waals surface area contributed by atoms with Gasteiger partial charge in [-0.1, -0.05) is 23.7 Å². The number of phenols is 1. The highest BCUT2D eigenvalue weighted by Crippen LogP contribution is 2.32. The summed E-state index contributed by atoms with van der Waals surface area (Å²) in [5.41, 5.74) is 3.06. The van der Waals surface area contributed by atoms with Gasteiger partial charge in [0.1, 0.15) is 0 Å². The van der Waals surface area contributed by atoms with E-state index in [0.29, 0.717) is 5.75 Å². The van der Waals surface area contributed by atoms with E-state index in [0.717, 1.165) is 21.7 Å². The van der Waals surface area contributed by atoms with Gasteiger partial charge in [0.05, 0.1) is 7.11 Å². The lowest BCUT2D eigenvalue weighted by Gasteiger charge is -2.08.